The molecule has 0 aliphatic carbocycles. The van der Waals surface area contributed by atoms with E-state index in [0.717, 1.165) is 10.2 Å². The Morgan fingerprint density at radius 2 is 2.00 bits per heavy atom. The van der Waals surface area contributed by atoms with Gasteiger partial charge in [0.25, 0.3) is 5.91 Å². The van der Waals surface area contributed by atoms with Gasteiger partial charge in [0.1, 0.15) is 13.2 Å². The van der Waals surface area contributed by atoms with E-state index in [1.807, 2.05) is 31.2 Å². The monoisotopic (exact) mass is 428 g/mol. The van der Waals surface area contributed by atoms with Gasteiger partial charge in [-0.1, -0.05) is 23.5 Å². The fraction of sp³-hybridized carbons (Fsp3) is 0.286. The summed E-state index contributed by atoms with van der Waals surface area (Å²) in [6.45, 7) is 2.63. The summed E-state index contributed by atoms with van der Waals surface area (Å²) < 4.78 is 22.6. The average Bonchev–Trinajstić information content (AvgIpc) is 3.20. The Morgan fingerprint density at radius 3 is 2.77 bits per heavy atom. The molecule has 9 heteroatoms. The number of hydrogen-bond acceptors (Lipinski definition) is 8. The molecule has 0 unspecified atom stereocenters. The lowest BCUT2D eigenvalue weighted by atomic mass is 10.1. The van der Waals surface area contributed by atoms with E-state index in [2.05, 4.69) is 4.98 Å². The number of carbonyl (C=O) groups excluding carboxylic acids is 2. The number of ether oxygens (including phenoxy) is 4. The largest absolute Gasteiger partial charge is 0.493 e. The van der Waals surface area contributed by atoms with E-state index in [0.29, 0.717) is 42.1 Å². The highest BCUT2D eigenvalue weighted by atomic mass is 32.1. The minimum atomic E-state index is -0.654. The maximum atomic E-state index is 12.7. The van der Waals surface area contributed by atoms with Crippen LogP contribution in [0.1, 0.15) is 17.3 Å². The molecular weight excluding hydrogens is 408 g/mol. The normalized spacial score (nSPS) is 12.5. The fourth-order valence-corrected chi connectivity index (χ4v) is 4.12. The number of thiazole rings is 1. The van der Waals surface area contributed by atoms with Crippen LogP contribution in [0.3, 0.4) is 0 Å². The molecule has 30 heavy (non-hydrogen) atoms. The van der Waals surface area contributed by atoms with Gasteiger partial charge >= 0.3 is 5.97 Å². The second kappa shape index (κ2) is 8.58. The predicted octanol–water partition coefficient (Wildman–Crippen LogP) is 3.29. The highest BCUT2D eigenvalue weighted by molar-refractivity contribution is 7.22. The van der Waals surface area contributed by atoms with Crippen molar-refractivity contribution in [2.45, 2.75) is 6.92 Å². The molecule has 0 spiro atoms. The summed E-state index contributed by atoms with van der Waals surface area (Å²) in [7, 11) is 1.48. The van der Waals surface area contributed by atoms with Crippen LogP contribution in [0.15, 0.2) is 36.4 Å². The summed E-state index contributed by atoms with van der Waals surface area (Å²) >= 11 is 1.42. The molecule has 2 heterocycles. The molecule has 0 saturated carbocycles. The summed E-state index contributed by atoms with van der Waals surface area (Å²) in [5.41, 5.74) is 1.04. The molecule has 0 bridgehead atoms. The zero-order valence-corrected chi connectivity index (χ0v) is 17.4. The molecule has 2 aromatic carbocycles. The number of hydrogen-bond donors (Lipinski definition) is 0. The first-order chi connectivity index (χ1) is 14.6. The first-order valence-electron chi connectivity index (χ1n) is 9.41. The van der Waals surface area contributed by atoms with Crippen LogP contribution >= 0.6 is 11.3 Å². The molecular formula is C21H20N2O6S. The van der Waals surface area contributed by atoms with Crippen LogP contribution in [0.4, 0.5) is 5.13 Å². The molecule has 3 aromatic rings. The van der Waals surface area contributed by atoms with Crippen LogP contribution in [-0.4, -0.2) is 50.3 Å². The number of para-hydroxylation sites is 1. The Balaban J connectivity index is 1.47. The Hall–Kier alpha value is -3.33. The number of methoxy groups -OCH3 is 1. The summed E-state index contributed by atoms with van der Waals surface area (Å²) in [4.78, 5) is 31.2. The van der Waals surface area contributed by atoms with Gasteiger partial charge in [-0.3, -0.25) is 9.69 Å². The number of likely N-dealkylation sites (N-methyl/N-ethyl adjacent to an activating group) is 1. The number of carbonyl (C=O) groups is 2. The smallest absolute Gasteiger partial charge is 0.338 e. The minimum Gasteiger partial charge on any atom is -0.493 e. The van der Waals surface area contributed by atoms with Gasteiger partial charge in [0, 0.05) is 6.54 Å². The standard InChI is InChI=1S/C21H20N2O6S/c1-3-23(21-22-14-6-4-5-7-17(14)30-21)18(24)12-29-20(25)13-10-15(26-2)19-16(11-13)27-8-9-28-19/h4-7,10-11H,3,8-9,12H2,1-2H3. The van der Waals surface area contributed by atoms with E-state index in [1.165, 1.54) is 35.5 Å². The van der Waals surface area contributed by atoms with Gasteiger partial charge < -0.3 is 18.9 Å². The van der Waals surface area contributed by atoms with E-state index in [1.54, 1.807) is 0 Å². The number of nitrogens with zero attached hydrogens (tertiary/aromatic N) is 2. The second-order valence-electron chi connectivity index (χ2n) is 6.38. The zero-order valence-electron chi connectivity index (χ0n) is 16.5. The Bertz CT molecular complexity index is 1050. The number of esters is 1. The molecule has 8 nitrogen and oxygen atoms in total. The van der Waals surface area contributed by atoms with Gasteiger partial charge in [-0.25, -0.2) is 9.78 Å². The van der Waals surface area contributed by atoms with Crippen LogP contribution < -0.4 is 19.1 Å². The molecule has 4 rings (SSSR count). The van der Waals surface area contributed by atoms with Gasteiger partial charge in [-0.2, -0.15) is 0 Å². The highest BCUT2D eigenvalue weighted by Crippen LogP contribution is 2.40. The first kappa shape index (κ1) is 20.0. The lowest BCUT2D eigenvalue weighted by Crippen LogP contribution is -2.34. The summed E-state index contributed by atoms with van der Waals surface area (Å²) in [5.74, 6) is 0.219. The maximum Gasteiger partial charge on any atom is 0.338 e. The van der Waals surface area contributed by atoms with Gasteiger partial charge in [0.15, 0.2) is 23.2 Å². The lowest BCUT2D eigenvalue weighted by Gasteiger charge is -2.21. The molecule has 1 aliphatic rings. The molecule has 1 aromatic heterocycles. The van der Waals surface area contributed by atoms with Crippen LogP contribution in [0, 0.1) is 0 Å². The van der Waals surface area contributed by atoms with Crippen molar-refractivity contribution in [2.24, 2.45) is 0 Å². The third-order valence-electron chi connectivity index (χ3n) is 4.52. The second-order valence-corrected chi connectivity index (χ2v) is 7.39. The average molecular weight is 428 g/mol. The van der Waals surface area contributed by atoms with E-state index >= 15 is 0 Å². The lowest BCUT2D eigenvalue weighted by molar-refractivity contribution is -0.121. The van der Waals surface area contributed by atoms with Crippen molar-refractivity contribution in [3.8, 4) is 17.2 Å². The molecule has 0 atom stereocenters. The maximum absolute atomic E-state index is 12.7. The quantitative estimate of drug-likeness (QED) is 0.557. The Kier molecular flexibility index (Phi) is 5.71. The Morgan fingerprint density at radius 1 is 1.20 bits per heavy atom. The van der Waals surface area contributed by atoms with Gasteiger partial charge in [0.05, 0.1) is 22.9 Å². The number of anilines is 1. The van der Waals surface area contributed by atoms with E-state index in [-0.39, 0.29) is 11.5 Å². The molecule has 0 saturated heterocycles. The van der Waals surface area contributed by atoms with Crippen molar-refractivity contribution in [3.63, 3.8) is 0 Å². The fourth-order valence-electron chi connectivity index (χ4n) is 3.07. The Labute approximate surface area is 176 Å². The summed E-state index contributed by atoms with van der Waals surface area (Å²) in [5, 5.41) is 0.570. The van der Waals surface area contributed by atoms with E-state index < -0.39 is 12.6 Å². The third-order valence-corrected chi connectivity index (χ3v) is 5.58. The van der Waals surface area contributed by atoms with Gasteiger partial charge in [-0.15, -0.1) is 0 Å². The molecule has 1 aliphatic heterocycles. The molecule has 1 amide bonds. The van der Waals surface area contributed by atoms with Crippen molar-refractivity contribution in [2.75, 3.05) is 38.4 Å². The minimum absolute atomic E-state index is 0.215. The molecule has 156 valence electrons. The van der Waals surface area contributed by atoms with Crippen LogP contribution in [0.25, 0.3) is 10.2 Å². The SMILES string of the molecule is CCN(C(=O)COC(=O)c1cc(OC)c2c(c1)OCCO2)c1nc2ccccc2s1. The highest BCUT2D eigenvalue weighted by Gasteiger charge is 2.23. The summed E-state index contributed by atoms with van der Waals surface area (Å²) in [6.07, 6.45) is 0. The van der Waals surface area contributed by atoms with Gasteiger partial charge in [-0.05, 0) is 31.2 Å². The van der Waals surface area contributed by atoms with Crippen LogP contribution in [-0.2, 0) is 9.53 Å². The zero-order chi connectivity index (χ0) is 21.1. The van der Waals surface area contributed by atoms with Crippen molar-refractivity contribution >= 4 is 38.6 Å². The number of amides is 1. The third kappa shape index (κ3) is 3.88. The van der Waals surface area contributed by atoms with Crippen molar-refractivity contribution < 1.29 is 28.5 Å². The van der Waals surface area contributed by atoms with E-state index in [9.17, 15) is 9.59 Å². The first-order valence-corrected chi connectivity index (χ1v) is 10.2. The molecule has 0 fully saturated rings. The van der Waals surface area contributed by atoms with E-state index in [4.69, 9.17) is 18.9 Å². The number of benzene rings is 2. The molecule has 0 radical (unpaired) electrons. The molecule has 0 N–H and O–H groups in total. The topological polar surface area (TPSA) is 87.2 Å². The van der Waals surface area contributed by atoms with Gasteiger partial charge in [0.2, 0.25) is 5.75 Å². The van der Waals surface area contributed by atoms with Crippen molar-refractivity contribution in [1.82, 2.24) is 4.98 Å². The van der Waals surface area contributed by atoms with Crippen molar-refractivity contribution in [3.05, 3.63) is 42.0 Å². The summed E-state index contributed by atoms with van der Waals surface area (Å²) in [6, 6.07) is 10.7. The van der Waals surface area contributed by atoms with Crippen molar-refractivity contribution in [1.29, 1.82) is 0 Å². The van der Waals surface area contributed by atoms with Crippen LogP contribution in [0.5, 0.6) is 17.2 Å². The number of rotatable bonds is 6. The number of aromatic nitrogens is 1. The number of fused-ring (bicyclic) bond motifs is 2. The predicted molar refractivity (Wildman–Crippen MR) is 112 cm³/mol. The van der Waals surface area contributed by atoms with Crippen LogP contribution in [0.2, 0.25) is 0 Å².